The van der Waals surface area contributed by atoms with E-state index in [4.69, 9.17) is 9.05 Å². The minimum atomic E-state index is -4.07. The lowest BCUT2D eigenvalue weighted by Crippen LogP contribution is -2.49. The first kappa shape index (κ1) is 34.0. The zero-order valence-corrected chi connectivity index (χ0v) is 35.6. The Morgan fingerprint density at radius 3 is 0.909 bits per heavy atom. The first-order valence-corrected chi connectivity index (χ1v) is 20.7. The summed E-state index contributed by atoms with van der Waals surface area (Å²) >= 11 is 29.7. The van der Waals surface area contributed by atoms with Gasteiger partial charge in [0.15, 0.2) is 11.2 Å². The molecule has 0 N–H and O–H groups in total. The van der Waals surface area contributed by atoms with Crippen molar-refractivity contribution in [1.82, 2.24) is 0 Å². The van der Waals surface area contributed by atoms with Gasteiger partial charge >= 0.3 is 7.60 Å². The summed E-state index contributed by atoms with van der Waals surface area (Å²) < 4.78 is 36.3. The maximum absolute atomic E-state index is 15.5. The summed E-state index contributed by atoms with van der Waals surface area (Å²) in [5, 5.41) is 0.442. The third-order valence-corrected chi connectivity index (χ3v) is 12.8. The average Bonchev–Trinajstić information content (AvgIpc) is 3.24. The van der Waals surface area contributed by atoms with Crippen LogP contribution < -0.4 is 5.30 Å². The largest absolute Gasteiger partial charge is 0.363 e. The zero-order valence-electron chi connectivity index (χ0n) is 22.0. The SMILES string of the molecule is O=P1(c2ccccc2)OC(c2cc(Br)cc(Br)c2)(c2cc(Br)cc(Br)c2)C(c2cc(Br)cc(Br)c2)(c2cc(Br)cc(Br)c2)O1. The lowest BCUT2D eigenvalue weighted by Gasteiger charge is -2.44. The van der Waals surface area contributed by atoms with Crippen LogP contribution in [0.25, 0.3) is 0 Å². The second-order valence-electron chi connectivity index (χ2n) is 10.0. The van der Waals surface area contributed by atoms with Crippen molar-refractivity contribution in [3.63, 3.8) is 0 Å². The molecular weight excluding hydrogens is 1100 g/mol. The molecule has 1 fully saturated rings. The molecule has 1 heterocycles. The third-order valence-electron chi connectivity index (χ3n) is 7.16. The summed E-state index contributed by atoms with van der Waals surface area (Å²) in [4.78, 5) is 0. The third kappa shape index (κ3) is 6.20. The topological polar surface area (TPSA) is 35.5 Å². The lowest BCUT2D eigenvalue weighted by molar-refractivity contribution is 0.00337. The van der Waals surface area contributed by atoms with E-state index in [1.165, 1.54) is 0 Å². The van der Waals surface area contributed by atoms with Gasteiger partial charge in [-0.1, -0.05) is 146 Å². The van der Waals surface area contributed by atoms with Gasteiger partial charge in [0.2, 0.25) is 0 Å². The molecule has 0 radical (unpaired) electrons. The van der Waals surface area contributed by atoms with Gasteiger partial charge in [0.05, 0.1) is 5.30 Å². The van der Waals surface area contributed by atoms with Gasteiger partial charge in [0.1, 0.15) is 0 Å². The van der Waals surface area contributed by atoms with Crippen LogP contribution in [0.2, 0.25) is 0 Å². The smallest absolute Gasteiger partial charge is 0.285 e. The van der Waals surface area contributed by atoms with Crippen molar-refractivity contribution in [1.29, 1.82) is 0 Å². The molecule has 6 rings (SSSR count). The molecule has 1 saturated heterocycles. The van der Waals surface area contributed by atoms with E-state index in [1.807, 2.05) is 91.0 Å². The van der Waals surface area contributed by atoms with E-state index in [0.717, 1.165) is 35.8 Å². The summed E-state index contributed by atoms with van der Waals surface area (Å²) in [6.45, 7) is 0. The van der Waals surface area contributed by atoms with Gasteiger partial charge in [0.25, 0.3) is 0 Å². The maximum Gasteiger partial charge on any atom is 0.363 e. The second-order valence-corrected chi connectivity index (χ2v) is 19.2. The summed E-state index contributed by atoms with van der Waals surface area (Å²) in [7, 11) is -4.07. The van der Waals surface area contributed by atoms with Crippen LogP contribution in [0.3, 0.4) is 0 Å². The van der Waals surface area contributed by atoms with Crippen molar-refractivity contribution in [3.8, 4) is 0 Å². The molecule has 0 spiro atoms. The van der Waals surface area contributed by atoms with E-state index in [2.05, 4.69) is 127 Å². The number of hydrogen-bond acceptors (Lipinski definition) is 3. The molecule has 0 aliphatic carbocycles. The Hall–Kier alpha value is 0.0900. The van der Waals surface area contributed by atoms with Gasteiger partial charge in [-0.2, -0.15) is 0 Å². The molecule has 0 bridgehead atoms. The molecule has 0 saturated carbocycles. The highest BCUT2D eigenvalue weighted by molar-refractivity contribution is 9.12. The second kappa shape index (κ2) is 13.2. The minimum absolute atomic E-state index is 0.442. The van der Waals surface area contributed by atoms with Gasteiger partial charge in [-0.25, -0.2) is 0 Å². The van der Waals surface area contributed by atoms with Gasteiger partial charge < -0.3 is 0 Å². The Kier molecular flexibility index (Phi) is 10.2. The minimum Gasteiger partial charge on any atom is -0.285 e. The highest BCUT2D eigenvalue weighted by Gasteiger charge is 2.69. The zero-order chi connectivity index (χ0) is 31.4. The predicted molar refractivity (Wildman–Crippen MR) is 205 cm³/mol. The Morgan fingerprint density at radius 2 is 0.659 bits per heavy atom. The molecule has 5 aromatic carbocycles. The lowest BCUT2D eigenvalue weighted by atomic mass is 9.66. The first-order chi connectivity index (χ1) is 20.8. The van der Waals surface area contributed by atoms with Gasteiger partial charge in [-0.3, -0.25) is 13.6 Å². The van der Waals surface area contributed by atoms with E-state index >= 15 is 4.57 Å². The van der Waals surface area contributed by atoms with E-state index in [9.17, 15) is 0 Å². The van der Waals surface area contributed by atoms with Crippen molar-refractivity contribution in [3.05, 3.63) is 161 Å². The molecule has 1 aliphatic heterocycles. The average molecular weight is 1120 g/mol. The number of halogens is 8. The van der Waals surface area contributed by atoms with E-state index < -0.39 is 18.8 Å². The van der Waals surface area contributed by atoms with Crippen LogP contribution in [0, 0.1) is 0 Å². The van der Waals surface area contributed by atoms with Gasteiger partial charge in [-0.15, -0.1) is 0 Å². The van der Waals surface area contributed by atoms with Crippen LogP contribution in [-0.4, -0.2) is 0 Å². The van der Waals surface area contributed by atoms with Crippen LogP contribution >= 0.6 is 135 Å². The molecule has 3 nitrogen and oxygen atoms in total. The van der Waals surface area contributed by atoms with E-state index in [-0.39, 0.29) is 0 Å². The van der Waals surface area contributed by atoms with Crippen molar-refractivity contribution in [2.45, 2.75) is 11.2 Å². The van der Waals surface area contributed by atoms with E-state index in [0.29, 0.717) is 27.6 Å². The predicted octanol–water partition coefficient (Wildman–Crippen LogP) is 13.5. The highest BCUT2D eigenvalue weighted by atomic mass is 79.9. The monoisotopic (exact) mass is 1110 g/mol. The van der Waals surface area contributed by atoms with E-state index in [1.54, 1.807) is 12.1 Å². The summed E-state index contributed by atoms with van der Waals surface area (Å²) in [5.74, 6) is 0. The summed E-state index contributed by atoms with van der Waals surface area (Å²) in [6.07, 6.45) is 0. The summed E-state index contributed by atoms with van der Waals surface area (Å²) in [6, 6.07) is 32.8. The molecule has 1 aliphatic rings. The fourth-order valence-corrected chi connectivity index (χ4v) is 13.0. The van der Waals surface area contributed by atoms with Crippen molar-refractivity contribution in [2.24, 2.45) is 0 Å². The molecule has 0 unspecified atom stereocenters. The number of hydrogen-bond donors (Lipinski definition) is 0. The molecule has 0 aromatic heterocycles. The molecule has 5 aromatic rings. The molecular formula is C32H17Br8O3P. The fraction of sp³-hybridized carbons (Fsp3) is 0.0625. The Bertz CT molecular complexity index is 1660. The normalized spacial score (nSPS) is 16.6. The Morgan fingerprint density at radius 1 is 0.409 bits per heavy atom. The summed E-state index contributed by atoms with van der Waals surface area (Å²) in [5.41, 5.74) is -0.182. The van der Waals surface area contributed by atoms with Gasteiger partial charge in [-0.05, 0) is 107 Å². The quantitative estimate of drug-likeness (QED) is 0.165. The maximum atomic E-state index is 15.5. The molecule has 224 valence electrons. The standard InChI is InChI=1S/C32H17Br8O3P/c33-22-6-18(7-23(34)14-22)31(19-8-24(35)15-25(36)9-19)32(20-10-26(37)16-27(38)11-20,21-12-28(39)17-29(40)13-21)43-44(41,42-31)30-4-2-1-3-5-30/h1-17H. The Balaban J connectivity index is 1.90. The highest BCUT2D eigenvalue weighted by Crippen LogP contribution is 2.74. The van der Waals surface area contributed by atoms with Crippen molar-refractivity contribution >= 4 is 140 Å². The molecule has 44 heavy (non-hydrogen) atoms. The van der Waals surface area contributed by atoms with Crippen LogP contribution in [-0.2, 0) is 24.8 Å². The van der Waals surface area contributed by atoms with Crippen LogP contribution in [0.15, 0.2) is 139 Å². The molecule has 12 heteroatoms. The fourth-order valence-electron chi connectivity index (χ4n) is 5.61. The number of rotatable bonds is 5. The molecule has 0 amide bonds. The van der Waals surface area contributed by atoms with Crippen molar-refractivity contribution < 1.29 is 13.6 Å². The van der Waals surface area contributed by atoms with Crippen LogP contribution in [0.4, 0.5) is 0 Å². The van der Waals surface area contributed by atoms with Crippen LogP contribution in [0.1, 0.15) is 22.3 Å². The molecule has 0 atom stereocenters. The van der Waals surface area contributed by atoms with Crippen molar-refractivity contribution in [2.75, 3.05) is 0 Å². The number of benzene rings is 5. The first-order valence-electron chi connectivity index (χ1n) is 12.8. The van der Waals surface area contributed by atoms with Gasteiger partial charge in [0, 0.05) is 35.8 Å². The van der Waals surface area contributed by atoms with Crippen LogP contribution in [0.5, 0.6) is 0 Å². The Labute approximate surface area is 322 Å².